The van der Waals surface area contributed by atoms with E-state index in [-0.39, 0.29) is 0 Å². The van der Waals surface area contributed by atoms with Crippen LogP contribution in [0.25, 0.3) is 21.9 Å². The number of aromatic nitrogens is 1. The topological polar surface area (TPSA) is 12.9 Å². The van der Waals surface area contributed by atoms with Crippen LogP contribution in [0.5, 0.6) is 0 Å². The third kappa shape index (κ3) is 1.97. The first-order chi connectivity index (χ1) is 9.16. The predicted molar refractivity (Wildman–Crippen MR) is 71.8 cm³/mol. The fourth-order valence-electron chi connectivity index (χ4n) is 2.28. The van der Waals surface area contributed by atoms with Gasteiger partial charge in [0.05, 0.1) is 0 Å². The average Bonchev–Trinajstić information content (AvgIpc) is 2.39. The summed E-state index contributed by atoms with van der Waals surface area (Å²) in [6.07, 6.45) is 3.48. The first-order valence-corrected chi connectivity index (χ1v) is 5.95. The Morgan fingerprint density at radius 3 is 2.53 bits per heavy atom. The van der Waals surface area contributed by atoms with E-state index < -0.39 is 11.6 Å². The van der Waals surface area contributed by atoms with Gasteiger partial charge in [-0.15, -0.1) is 0 Å². The molecule has 0 N–H and O–H groups in total. The molecule has 1 nitrogen and oxygen atoms in total. The molecule has 19 heavy (non-hydrogen) atoms. The Kier molecular flexibility index (Phi) is 2.75. The Morgan fingerprint density at radius 1 is 0.895 bits per heavy atom. The molecule has 0 saturated heterocycles. The van der Waals surface area contributed by atoms with Crippen LogP contribution in [0.4, 0.5) is 8.78 Å². The molecule has 0 amide bonds. The van der Waals surface area contributed by atoms with Crippen molar-refractivity contribution in [1.29, 1.82) is 0 Å². The van der Waals surface area contributed by atoms with Crippen molar-refractivity contribution in [2.45, 2.75) is 6.92 Å². The summed E-state index contributed by atoms with van der Waals surface area (Å²) in [7, 11) is 0. The fraction of sp³-hybridized carbons (Fsp3) is 0.0625. The van der Waals surface area contributed by atoms with E-state index in [2.05, 4.69) is 4.98 Å². The summed E-state index contributed by atoms with van der Waals surface area (Å²) in [5.74, 6) is -1.13. The van der Waals surface area contributed by atoms with Gasteiger partial charge in [0.15, 0.2) is 0 Å². The zero-order chi connectivity index (χ0) is 13.4. The number of pyridine rings is 1. The van der Waals surface area contributed by atoms with Crippen LogP contribution < -0.4 is 0 Å². The van der Waals surface area contributed by atoms with Gasteiger partial charge in [-0.25, -0.2) is 8.78 Å². The molecule has 3 heteroatoms. The van der Waals surface area contributed by atoms with E-state index in [1.165, 1.54) is 12.1 Å². The van der Waals surface area contributed by atoms with Gasteiger partial charge in [0.2, 0.25) is 0 Å². The van der Waals surface area contributed by atoms with E-state index in [9.17, 15) is 8.78 Å². The number of rotatable bonds is 1. The Morgan fingerprint density at radius 2 is 1.74 bits per heavy atom. The van der Waals surface area contributed by atoms with Crippen molar-refractivity contribution in [1.82, 2.24) is 4.98 Å². The van der Waals surface area contributed by atoms with E-state index in [0.29, 0.717) is 5.56 Å². The van der Waals surface area contributed by atoms with Crippen LogP contribution in [-0.2, 0) is 0 Å². The molecule has 1 heterocycles. The van der Waals surface area contributed by atoms with Crippen LogP contribution in [0.2, 0.25) is 0 Å². The molecule has 0 atom stereocenters. The molecule has 1 aromatic heterocycles. The van der Waals surface area contributed by atoms with Crippen molar-refractivity contribution in [2.24, 2.45) is 0 Å². The first kappa shape index (κ1) is 11.8. The Balaban J connectivity index is 2.34. The van der Waals surface area contributed by atoms with Crippen molar-refractivity contribution in [2.75, 3.05) is 0 Å². The number of nitrogens with zero attached hydrogens (tertiary/aromatic N) is 1. The van der Waals surface area contributed by atoms with Crippen LogP contribution in [0.1, 0.15) is 5.56 Å². The van der Waals surface area contributed by atoms with Gasteiger partial charge in [-0.3, -0.25) is 4.98 Å². The van der Waals surface area contributed by atoms with Crippen LogP contribution in [0.15, 0.2) is 48.8 Å². The average molecular weight is 255 g/mol. The van der Waals surface area contributed by atoms with Gasteiger partial charge in [-0.2, -0.15) is 0 Å². The maximum Gasteiger partial charge on any atom is 0.133 e. The molecule has 0 bridgehead atoms. The molecule has 3 aromatic rings. The Labute approximate surface area is 109 Å². The number of halogens is 2. The highest BCUT2D eigenvalue weighted by atomic mass is 19.1. The lowest BCUT2D eigenvalue weighted by atomic mass is 9.97. The summed E-state index contributed by atoms with van der Waals surface area (Å²) < 4.78 is 26.9. The molecular weight excluding hydrogens is 244 g/mol. The molecule has 94 valence electrons. The number of hydrogen-bond donors (Lipinski definition) is 0. The highest BCUT2D eigenvalue weighted by Crippen LogP contribution is 2.31. The Bertz CT molecular complexity index is 766. The number of hydrogen-bond acceptors (Lipinski definition) is 1. The molecule has 0 aliphatic rings. The molecule has 2 aromatic carbocycles. The third-order valence-electron chi connectivity index (χ3n) is 3.22. The number of aryl methyl sites for hydroxylation is 1. The molecule has 0 radical (unpaired) electrons. The standard InChI is InChI=1S/C16H11F2N/c1-10-8-19-9-15-12(10)3-2-4-13(15)14-6-5-11(17)7-16(14)18/h2-9H,1H3. The lowest BCUT2D eigenvalue weighted by Gasteiger charge is -2.09. The summed E-state index contributed by atoms with van der Waals surface area (Å²) in [4.78, 5) is 4.15. The van der Waals surface area contributed by atoms with Gasteiger partial charge in [0, 0.05) is 29.4 Å². The lowest BCUT2D eigenvalue weighted by Crippen LogP contribution is -1.89. The van der Waals surface area contributed by atoms with Crippen LogP contribution in [0.3, 0.4) is 0 Å². The van der Waals surface area contributed by atoms with Crippen LogP contribution >= 0.6 is 0 Å². The molecule has 0 saturated carbocycles. The highest BCUT2D eigenvalue weighted by Gasteiger charge is 2.10. The van der Waals surface area contributed by atoms with Gasteiger partial charge in [-0.05, 0) is 35.6 Å². The second-order valence-corrected chi connectivity index (χ2v) is 4.48. The van der Waals surface area contributed by atoms with Crippen molar-refractivity contribution in [3.8, 4) is 11.1 Å². The van der Waals surface area contributed by atoms with Crippen molar-refractivity contribution in [3.63, 3.8) is 0 Å². The maximum atomic E-state index is 13.9. The van der Waals surface area contributed by atoms with E-state index in [1.54, 1.807) is 12.4 Å². The molecule has 0 fully saturated rings. The zero-order valence-electron chi connectivity index (χ0n) is 10.3. The predicted octanol–water partition coefficient (Wildman–Crippen LogP) is 4.49. The largest absolute Gasteiger partial charge is 0.264 e. The van der Waals surface area contributed by atoms with Crippen LogP contribution in [0, 0.1) is 18.6 Å². The third-order valence-corrected chi connectivity index (χ3v) is 3.22. The van der Waals surface area contributed by atoms with E-state index in [1.807, 2.05) is 25.1 Å². The number of benzene rings is 2. The minimum atomic E-state index is -0.573. The molecule has 0 aliphatic heterocycles. The smallest absolute Gasteiger partial charge is 0.133 e. The molecule has 0 unspecified atom stereocenters. The second-order valence-electron chi connectivity index (χ2n) is 4.48. The summed E-state index contributed by atoms with van der Waals surface area (Å²) in [6.45, 7) is 1.96. The minimum absolute atomic E-state index is 0.388. The summed E-state index contributed by atoms with van der Waals surface area (Å²) in [6, 6.07) is 9.28. The monoisotopic (exact) mass is 255 g/mol. The van der Waals surface area contributed by atoms with E-state index >= 15 is 0 Å². The zero-order valence-corrected chi connectivity index (χ0v) is 10.3. The second kappa shape index (κ2) is 4.43. The van der Waals surface area contributed by atoms with Crippen molar-refractivity contribution in [3.05, 3.63) is 66.0 Å². The molecule has 0 spiro atoms. The summed E-state index contributed by atoms with van der Waals surface area (Å²) in [5, 5.41) is 1.89. The maximum absolute atomic E-state index is 13.9. The fourth-order valence-corrected chi connectivity index (χ4v) is 2.28. The quantitative estimate of drug-likeness (QED) is 0.624. The number of fused-ring (bicyclic) bond motifs is 1. The van der Waals surface area contributed by atoms with Gasteiger partial charge in [0.1, 0.15) is 11.6 Å². The summed E-state index contributed by atoms with van der Waals surface area (Å²) >= 11 is 0. The normalized spacial score (nSPS) is 10.9. The van der Waals surface area contributed by atoms with Crippen molar-refractivity contribution >= 4 is 10.8 Å². The van der Waals surface area contributed by atoms with Gasteiger partial charge < -0.3 is 0 Å². The minimum Gasteiger partial charge on any atom is -0.264 e. The van der Waals surface area contributed by atoms with Gasteiger partial charge >= 0.3 is 0 Å². The highest BCUT2D eigenvalue weighted by molar-refractivity contribution is 5.97. The molecule has 0 aliphatic carbocycles. The first-order valence-electron chi connectivity index (χ1n) is 5.95. The Hall–Kier alpha value is -2.29. The van der Waals surface area contributed by atoms with E-state index in [0.717, 1.165) is 28.0 Å². The van der Waals surface area contributed by atoms with Crippen LogP contribution in [-0.4, -0.2) is 4.98 Å². The van der Waals surface area contributed by atoms with E-state index in [4.69, 9.17) is 0 Å². The molecule has 3 rings (SSSR count). The van der Waals surface area contributed by atoms with Crippen molar-refractivity contribution < 1.29 is 8.78 Å². The van der Waals surface area contributed by atoms with Gasteiger partial charge in [-0.1, -0.05) is 18.2 Å². The lowest BCUT2D eigenvalue weighted by molar-refractivity contribution is 0.585. The summed E-state index contributed by atoms with van der Waals surface area (Å²) in [5.41, 5.74) is 2.15. The SMILES string of the molecule is Cc1cncc2c(-c3ccc(F)cc3F)cccc12. The molecular formula is C16H11F2N. The van der Waals surface area contributed by atoms with Gasteiger partial charge in [0.25, 0.3) is 0 Å².